The molecule has 0 radical (unpaired) electrons. The van der Waals surface area contributed by atoms with Gasteiger partial charge in [-0.15, -0.1) is 0 Å². The van der Waals surface area contributed by atoms with Gasteiger partial charge in [0.1, 0.15) is 11.4 Å². The molecule has 23 heavy (non-hydrogen) atoms. The van der Waals surface area contributed by atoms with Crippen molar-refractivity contribution in [3.05, 3.63) is 30.0 Å². The number of H-pyrrole nitrogens is 1. The molecule has 0 aliphatic heterocycles. The summed E-state index contributed by atoms with van der Waals surface area (Å²) in [6, 6.07) is 7.24. The second kappa shape index (κ2) is 8.19. The van der Waals surface area contributed by atoms with E-state index in [1.165, 1.54) is 0 Å². The van der Waals surface area contributed by atoms with Crippen LogP contribution >= 0.6 is 0 Å². The minimum Gasteiger partial charge on any atom is -0.496 e. The zero-order valence-corrected chi connectivity index (χ0v) is 13.4. The molecule has 0 spiro atoms. The highest BCUT2D eigenvalue weighted by atomic mass is 16.5. The Morgan fingerprint density at radius 2 is 2.13 bits per heavy atom. The van der Waals surface area contributed by atoms with Crippen molar-refractivity contribution in [2.24, 2.45) is 0 Å². The number of carbonyl (C=O) groups is 2. The van der Waals surface area contributed by atoms with Gasteiger partial charge in [0, 0.05) is 17.4 Å². The monoisotopic (exact) mass is 318 g/mol. The summed E-state index contributed by atoms with van der Waals surface area (Å²) in [6.07, 6.45) is 2.02. The van der Waals surface area contributed by atoms with Crippen LogP contribution in [-0.4, -0.2) is 37.0 Å². The van der Waals surface area contributed by atoms with Crippen LogP contribution in [0.5, 0.6) is 5.75 Å². The fourth-order valence-corrected chi connectivity index (χ4v) is 2.15. The molecule has 7 heteroatoms. The molecule has 0 saturated carbocycles. The number of hydrazine groups is 1. The van der Waals surface area contributed by atoms with E-state index < -0.39 is 0 Å². The Bertz CT molecular complexity index is 681. The van der Waals surface area contributed by atoms with Gasteiger partial charge in [-0.2, -0.15) is 0 Å². The molecule has 0 aliphatic rings. The summed E-state index contributed by atoms with van der Waals surface area (Å²) >= 11 is 0. The highest BCUT2D eigenvalue weighted by molar-refractivity contribution is 6.00. The maximum atomic E-state index is 12.1. The Morgan fingerprint density at radius 1 is 1.30 bits per heavy atom. The van der Waals surface area contributed by atoms with Gasteiger partial charge >= 0.3 is 0 Å². The lowest BCUT2D eigenvalue weighted by molar-refractivity contribution is -0.121. The molecule has 1 aromatic carbocycles. The van der Waals surface area contributed by atoms with E-state index in [0.717, 1.165) is 23.7 Å². The number of amides is 2. The van der Waals surface area contributed by atoms with E-state index in [0.29, 0.717) is 18.0 Å². The molecule has 2 amide bonds. The Morgan fingerprint density at radius 3 is 2.87 bits per heavy atom. The molecule has 0 saturated heterocycles. The molecule has 0 aliphatic carbocycles. The highest BCUT2D eigenvalue weighted by Gasteiger charge is 2.12. The van der Waals surface area contributed by atoms with Crippen molar-refractivity contribution in [1.29, 1.82) is 0 Å². The van der Waals surface area contributed by atoms with Gasteiger partial charge in [0.15, 0.2) is 0 Å². The van der Waals surface area contributed by atoms with Crippen molar-refractivity contribution in [2.45, 2.75) is 19.8 Å². The smallest absolute Gasteiger partial charge is 0.268 e. The molecular formula is C16H22N4O3. The number of fused-ring (bicyclic) bond motifs is 1. The molecule has 0 unspecified atom stereocenters. The predicted octanol–water partition coefficient (Wildman–Crippen LogP) is 1.33. The van der Waals surface area contributed by atoms with Gasteiger partial charge in [0.05, 0.1) is 13.7 Å². The minimum absolute atomic E-state index is 0.0928. The third-order valence-electron chi connectivity index (χ3n) is 3.38. The van der Waals surface area contributed by atoms with Crippen molar-refractivity contribution in [3.8, 4) is 5.75 Å². The maximum Gasteiger partial charge on any atom is 0.268 e. The molecular weight excluding hydrogens is 296 g/mol. The molecule has 7 nitrogen and oxygen atoms in total. The largest absolute Gasteiger partial charge is 0.496 e. The van der Waals surface area contributed by atoms with Gasteiger partial charge in [0.25, 0.3) is 11.8 Å². The van der Waals surface area contributed by atoms with Crippen molar-refractivity contribution >= 4 is 22.7 Å². The fourth-order valence-electron chi connectivity index (χ4n) is 2.15. The number of methoxy groups -OCH3 is 1. The first kappa shape index (κ1) is 16.8. The van der Waals surface area contributed by atoms with Gasteiger partial charge in [-0.25, -0.2) is 5.43 Å². The lowest BCUT2D eigenvalue weighted by Crippen LogP contribution is -2.44. The molecule has 2 aromatic rings. The molecule has 2 rings (SSSR count). The predicted molar refractivity (Wildman–Crippen MR) is 88.2 cm³/mol. The molecule has 1 aromatic heterocycles. The molecule has 124 valence electrons. The van der Waals surface area contributed by atoms with E-state index in [4.69, 9.17) is 4.74 Å². The van der Waals surface area contributed by atoms with Crippen LogP contribution in [0, 0.1) is 0 Å². The van der Waals surface area contributed by atoms with Crippen molar-refractivity contribution in [1.82, 2.24) is 21.2 Å². The molecule has 0 atom stereocenters. The zero-order valence-electron chi connectivity index (χ0n) is 13.4. The summed E-state index contributed by atoms with van der Waals surface area (Å²) in [7, 11) is 1.58. The first-order valence-electron chi connectivity index (χ1n) is 7.61. The van der Waals surface area contributed by atoms with Crippen LogP contribution < -0.4 is 20.9 Å². The quantitative estimate of drug-likeness (QED) is 0.436. The number of rotatable bonds is 8. The van der Waals surface area contributed by atoms with Crippen molar-refractivity contribution < 1.29 is 14.3 Å². The van der Waals surface area contributed by atoms with Crippen LogP contribution in [0.4, 0.5) is 0 Å². The van der Waals surface area contributed by atoms with Crippen LogP contribution in [0.15, 0.2) is 24.3 Å². The maximum absolute atomic E-state index is 12.1. The number of hydrogen-bond acceptors (Lipinski definition) is 4. The van der Waals surface area contributed by atoms with Gasteiger partial charge in [0.2, 0.25) is 0 Å². The molecule has 1 heterocycles. The Hall–Kier alpha value is -2.54. The fraction of sp³-hybridized carbons (Fsp3) is 0.375. The Labute approximate surface area is 134 Å². The SMILES string of the molecule is CCCCNNC(=O)CNC(=O)c1cc2c(OC)cccc2[nH]1. The second-order valence-electron chi connectivity index (χ2n) is 5.12. The summed E-state index contributed by atoms with van der Waals surface area (Å²) in [5.41, 5.74) is 6.54. The van der Waals surface area contributed by atoms with Gasteiger partial charge in [-0.05, 0) is 24.6 Å². The number of benzene rings is 1. The molecule has 0 fully saturated rings. The summed E-state index contributed by atoms with van der Waals surface area (Å²) < 4.78 is 5.26. The van der Waals surface area contributed by atoms with Crippen LogP contribution in [0.2, 0.25) is 0 Å². The Balaban J connectivity index is 1.90. The van der Waals surface area contributed by atoms with E-state index >= 15 is 0 Å². The number of aromatic amines is 1. The lowest BCUT2D eigenvalue weighted by Gasteiger charge is -2.07. The van der Waals surface area contributed by atoms with Crippen LogP contribution in [0.25, 0.3) is 10.9 Å². The first-order valence-corrected chi connectivity index (χ1v) is 7.61. The minimum atomic E-state index is -0.341. The standard InChI is InChI=1S/C16H22N4O3/c1-3-4-8-18-20-15(21)10-17-16(22)13-9-11-12(19-13)6-5-7-14(11)23-2/h5-7,9,18-19H,3-4,8,10H2,1-2H3,(H,17,22)(H,20,21). The van der Waals surface area contributed by atoms with E-state index in [1.54, 1.807) is 13.2 Å². The average molecular weight is 318 g/mol. The lowest BCUT2D eigenvalue weighted by atomic mass is 10.2. The average Bonchev–Trinajstić information content (AvgIpc) is 3.00. The third kappa shape index (κ3) is 4.46. The number of nitrogens with one attached hydrogen (secondary N) is 4. The number of hydrogen-bond donors (Lipinski definition) is 4. The van der Waals surface area contributed by atoms with Crippen molar-refractivity contribution in [2.75, 3.05) is 20.2 Å². The zero-order chi connectivity index (χ0) is 16.7. The van der Waals surface area contributed by atoms with Crippen molar-refractivity contribution in [3.63, 3.8) is 0 Å². The number of aromatic nitrogens is 1. The number of ether oxygens (including phenoxy) is 1. The second-order valence-corrected chi connectivity index (χ2v) is 5.12. The van der Waals surface area contributed by atoms with Crippen LogP contribution in [0.3, 0.4) is 0 Å². The number of carbonyl (C=O) groups excluding carboxylic acids is 2. The Kier molecular flexibility index (Phi) is 5.99. The molecule has 0 bridgehead atoms. The third-order valence-corrected chi connectivity index (χ3v) is 3.38. The van der Waals surface area contributed by atoms with Gasteiger partial charge in [-0.3, -0.25) is 15.0 Å². The topological polar surface area (TPSA) is 95.2 Å². The first-order chi connectivity index (χ1) is 11.2. The van der Waals surface area contributed by atoms with Gasteiger partial charge < -0.3 is 15.0 Å². The van der Waals surface area contributed by atoms with E-state index in [2.05, 4.69) is 28.1 Å². The summed E-state index contributed by atoms with van der Waals surface area (Å²) in [5.74, 6) is 0.0609. The highest BCUT2D eigenvalue weighted by Crippen LogP contribution is 2.25. The van der Waals surface area contributed by atoms with E-state index in [9.17, 15) is 9.59 Å². The molecule has 4 N–H and O–H groups in total. The van der Waals surface area contributed by atoms with Crippen LogP contribution in [0.1, 0.15) is 30.3 Å². The van der Waals surface area contributed by atoms with Gasteiger partial charge in [-0.1, -0.05) is 19.4 Å². The van der Waals surface area contributed by atoms with E-state index in [-0.39, 0.29) is 18.4 Å². The normalized spacial score (nSPS) is 10.5. The number of unbranched alkanes of at least 4 members (excludes halogenated alkanes) is 1. The summed E-state index contributed by atoms with van der Waals surface area (Å²) in [5, 5.41) is 3.40. The summed E-state index contributed by atoms with van der Waals surface area (Å²) in [4.78, 5) is 26.7. The van der Waals surface area contributed by atoms with Crippen LogP contribution in [-0.2, 0) is 4.79 Å². The summed E-state index contributed by atoms with van der Waals surface area (Å²) in [6.45, 7) is 2.68. The van der Waals surface area contributed by atoms with E-state index in [1.807, 2.05) is 18.2 Å².